The topological polar surface area (TPSA) is 117 Å². The maximum atomic E-state index is 12.0. The minimum Gasteiger partial charge on any atom is -0.396 e. The number of nitrogens with zero attached hydrogens (tertiary/aromatic N) is 1. The highest BCUT2D eigenvalue weighted by atomic mass is 32.2. The smallest absolute Gasteiger partial charge is 0.278 e. The van der Waals surface area contributed by atoms with E-state index in [1.165, 1.54) is 6.92 Å². The van der Waals surface area contributed by atoms with Gasteiger partial charge in [0, 0.05) is 19.4 Å². The molecule has 160 valence electrons. The molecule has 0 saturated carbocycles. The van der Waals surface area contributed by atoms with Gasteiger partial charge in [-0.05, 0) is 35.6 Å². The zero-order chi connectivity index (χ0) is 21.4. The SMILES string of the molecule is C[C@@]1(C[C@H]2CC(c3ccc(-c4ccc(CCO)cc4)cc3)=NO2)C(NO)OS1(=O)=O. The molecule has 4 rings (SSSR count). The third-order valence-electron chi connectivity index (χ3n) is 5.74. The van der Waals surface area contributed by atoms with E-state index in [9.17, 15) is 8.42 Å². The Hall–Kier alpha value is -2.30. The van der Waals surface area contributed by atoms with E-state index in [-0.39, 0.29) is 13.0 Å². The zero-order valence-electron chi connectivity index (χ0n) is 16.5. The van der Waals surface area contributed by atoms with Crippen molar-refractivity contribution in [2.75, 3.05) is 6.61 Å². The Labute approximate surface area is 175 Å². The molecule has 9 heteroatoms. The van der Waals surface area contributed by atoms with Crippen molar-refractivity contribution in [3.63, 3.8) is 0 Å². The van der Waals surface area contributed by atoms with E-state index < -0.39 is 27.2 Å². The second-order valence-corrected chi connectivity index (χ2v) is 9.83. The van der Waals surface area contributed by atoms with Crippen LogP contribution in [-0.4, -0.2) is 48.1 Å². The summed E-state index contributed by atoms with van der Waals surface area (Å²) in [5.74, 6) is 0. The molecular formula is C21H24N2O6S. The summed E-state index contributed by atoms with van der Waals surface area (Å²) in [6, 6.07) is 16.0. The summed E-state index contributed by atoms with van der Waals surface area (Å²) < 4.78 is 27.4. The summed E-state index contributed by atoms with van der Waals surface area (Å²) in [5, 5.41) is 22.3. The second kappa shape index (κ2) is 8.09. The molecule has 2 aromatic rings. The standard InChI is InChI=1S/C21H24N2O6S/c1-21(20(22-25)29-30(21,26)27)13-18-12-19(23-28-18)17-8-6-16(7-9-17)15-4-2-14(3-5-15)10-11-24/h2-9,18,20,22,24-25H,10-13H2,1H3/t18-,20?,21-/m1/s1. The molecule has 0 radical (unpaired) electrons. The first-order valence-corrected chi connectivity index (χ1v) is 11.1. The average molecular weight is 432 g/mol. The number of hydroxylamine groups is 1. The van der Waals surface area contributed by atoms with Crippen molar-refractivity contribution in [1.29, 1.82) is 0 Å². The fourth-order valence-electron chi connectivity index (χ4n) is 3.80. The molecule has 0 bridgehead atoms. The summed E-state index contributed by atoms with van der Waals surface area (Å²) >= 11 is 0. The van der Waals surface area contributed by atoms with E-state index in [1.807, 2.05) is 54.0 Å². The third kappa shape index (κ3) is 3.75. The van der Waals surface area contributed by atoms with Crippen LogP contribution in [-0.2, 0) is 25.6 Å². The van der Waals surface area contributed by atoms with Crippen molar-refractivity contribution in [2.24, 2.45) is 5.16 Å². The molecule has 0 amide bonds. The number of benzene rings is 2. The first kappa shape index (κ1) is 21.0. The van der Waals surface area contributed by atoms with Gasteiger partial charge < -0.3 is 15.2 Å². The number of hydrogen-bond donors (Lipinski definition) is 3. The number of hydrogen-bond acceptors (Lipinski definition) is 8. The highest BCUT2D eigenvalue weighted by Crippen LogP contribution is 2.41. The van der Waals surface area contributed by atoms with Crippen LogP contribution in [0.5, 0.6) is 0 Å². The van der Waals surface area contributed by atoms with Crippen molar-refractivity contribution in [1.82, 2.24) is 5.48 Å². The molecule has 2 aliphatic rings. The van der Waals surface area contributed by atoms with Crippen LogP contribution in [0.1, 0.15) is 30.9 Å². The van der Waals surface area contributed by atoms with Gasteiger partial charge in [0.25, 0.3) is 10.1 Å². The Morgan fingerprint density at radius 2 is 1.70 bits per heavy atom. The average Bonchev–Trinajstić information content (AvgIpc) is 3.21. The molecule has 0 aliphatic carbocycles. The molecule has 30 heavy (non-hydrogen) atoms. The molecule has 1 saturated heterocycles. The molecule has 3 N–H and O–H groups in total. The molecule has 1 unspecified atom stereocenters. The van der Waals surface area contributed by atoms with E-state index >= 15 is 0 Å². The van der Waals surface area contributed by atoms with Crippen molar-refractivity contribution in [3.8, 4) is 11.1 Å². The highest BCUT2D eigenvalue weighted by Gasteiger charge is 2.60. The lowest BCUT2D eigenvalue weighted by molar-refractivity contribution is -0.0557. The van der Waals surface area contributed by atoms with E-state index in [0.717, 1.165) is 28.0 Å². The summed E-state index contributed by atoms with van der Waals surface area (Å²) in [5.41, 5.74) is 6.78. The van der Waals surface area contributed by atoms with Gasteiger partial charge in [-0.1, -0.05) is 53.7 Å². The second-order valence-electron chi connectivity index (χ2n) is 7.79. The predicted molar refractivity (Wildman–Crippen MR) is 110 cm³/mol. The minimum atomic E-state index is -3.76. The Bertz CT molecular complexity index is 1040. The van der Waals surface area contributed by atoms with Crippen molar-refractivity contribution < 1.29 is 27.8 Å². The Morgan fingerprint density at radius 3 is 2.27 bits per heavy atom. The van der Waals surface area contributed by atoms with Gasteiger partial charge in [0.05, 0.1) is 5.71 Å². The molecule has 2 aromatic carbocycles. The molecule has 3 atom stereocenters. The number of aliphatic hydroxyl groups excluding tert-OH is 1. The summed E-state index contributed by atoms with van der Waals surface area (Å²) in [6.45, 7) is 1.65. The summed E-state index contributed by atoms with van der Waals surface area (Å²) in [6.07, 6.45) is -0.143. The fourth-order valence-corrected chi connectivity index (χ4v) is 5.14. The van der Waals surface area contributed by atoms with E-state index in [4.69, 9.17) is 19.3 Å². The third-order valence-corrected chi connectivity index (χ3v) is 7.71. The van der Waals surface area contributed by atoms with Crippen molar-refractivity contribution >= 4 is 15.8 Å². The first-order chi connectivity index (χ1) is 14.4. The van der Waals surface area contributed by atoms with Gasteiger partial charge in [0.2, 0.25) is 0 Å². The molecule has 2 heterocycles. The lowest BCUT2D eigenvalue weighted by atomic mass is 9.95. The van der Waals surface area contributed by atoms with E-state index in [0.29, 0.717) is 12.8 Å². The molecule has 0 spiro atoms. The number of rotatable bonds is 7. The molecule has 8 nitrogen and oxygen atoms in total. The number of aliphatic hydroxyl groups is 1. The quantitative estimate of drug-likeness (QED) is 0.453. The predicted octanol–water partition coefficient (Wildman–Crippen LogP) is 2.20. The van der Waals surface area contributed by atoms with Gasteiger partial charge in [-0.3, -0.25) is 0 Å². The Balaban J connectivity index is 1.41. The molecule has 0 aromatic heterocycles. The van der Waals surface area contributed by atoms with Crippen molar-refractivity contribution in [2.45, 2.75) is 43.3 Å². The summed E-state index contributed by atoms with van der Waals surface area (Å²) in [4.78, 5) is 5.47. The minimum absolute atomic E-state index is 0.133. The molecule has 2 aliphatic heterocycles. The maximum absolute atomic E-state index is 12.0. The van der Waals surface area contributed by atoms with Crippen LogP contribution in [0.25, 0.3) is 11.1 Å². The number of oxime groups is 1. The largest absolute Gasteiger partial charge is 0.396 e. The molecule has 1 fully saturated rings. The van der Waals surface area contributed by atoms with Gasteiger partial charge in [-0.25, -0.2) is 4.18 Å². The fraction of sp³-hybridized carbons (Fsp3) is 0.381. The zero-order valence-corrected chi connectivity index (χ0v) is 17.3. The van der Waals surface area contributed by atoms with Crippen molar-refractivity contribution in [3.05, 3.63) is 59.7 Å². The van der Waals surface area contributed by atoms with Crippen LogP contribution in [0.15, 0.2) is 53.7 Å². The normalized spacial score (nSPS) is 27.2. The molecular weight excluding hydrogens is 408 g/mol. The van der Waals surface area contributed by atoms with Gasteiger partial charge >= 0.3 is 0 Å². The van der Waals surface area contributed by atoms with Crippen LogP contribution < -0.4 is 5.48 Å². The number of nitrogens with one attached hydrogen (secondary N) is 1. The summed E-state index contributed by atoms with van der Waals surface area (Å²) in [7, 11) is -3.76. The van der Waals surface area contributed by atoms with Crippen LogP contribution in [0.4, 0.5) is 0 Å². The van der Waals surface area contributed by atoms with Gasteiger partial charge in [0.1, 0.15) is 10.9 Å². The van der Waals surface area contributed by atoms with Crippen LogP contribution in [0.2, 0.25) is 0 Å². The van der Waals surface area contributed by atoms with E-state index in [2.05, 4.69) is 5.16 Å². The monoisotopic (exact) mass is 432 g/mol. The van der Waals surface area contributed by atoms with Crippen LogP contribution >= 0.6 is 0 Å². The Kier molecular flexibility index (Phi) is 5.65. The van der Waals surface area contributed by atoms with Crippen LogP contribution in [0.3, 0.4) is 0 Å². The Morgan fingerprint density at radius 1 is 1.10 bits per heavy atom. The maximum Gasteiger partial charge on any atom is 0.278 e. The lowest BCUT2D eigenvalue weighted by Gasteiger charge is -2.44. The van der Waals surface area contributed by atoms with Crippen LogP contribution in [0, 0.1) is 0 Å². The van der Waals surface area contributed by atoms with E-state index in [1.54, 1.807) is 0 Å². The highest BCUT2D eigenvalue weighted by molar-refractivity contribution is 7.89. The van der Waals surface area contributed by atoms with Gasteiger partial charge in [0.15, 0.2) is 6.23 Å². The first-order valence-electron chi connectivity index (χ1n) is 9.72. The lowest BCUT2D eigenvalue weighted by Crippen LogP contribution is -2.66. The van der Waals surface area contributed by atoms with Gasteiger partial charge in [-0.2, -0.15) is 13.9 Å². The van der Waals surface area contributed by atoms with Gasteiger partial charge in [-0.15, -0.1) is 0 Å².